The summed E-state index contributed by atoms with van der Waals surface area (Å²) in [6.07, 6.45) is 3.66. The van der Waals surface area contributed by atoms with Crippen molar-refractivity contribution in [2.45, 2.75) is 31.7 Å². The van der Waals surface area contributed by atoms with Crippen molar-refractivity contribution >= 4 is 5.91 Å². The Kier molecular flexibility index (Phi) is 6.70. The first-order valence-electron chi connectivity index (χ1n) is 7.82. The number of carbonyl (C=O) groups excluding carboxylic acids is 1. The summed E-state index contributed by atoms with van der Waals surface area (Å²) in [5.41, 5.74) is 1.08. The second-order valence-corrected chi connectivity index (χ2v) is 5.69. The van der Waals surface area contributed by atoms with E-state index in [4.69, 9.17) is 4.74 Å². The number of ether oxygens (including phenoxy) is 1. The van der Waals surface area contributed by atoms with Crippen molar-refractivity contribution in [3.63, 3.8) is 0 Å². The van der Waals surface area contributed by atoms with Crippen molar-refractivity contribution in [2.75, 3.05) is 33.4 Å². The fourth-order valence-corrected chi connectivity index (χ4v) is 2.79. The largest absolute Gasteiger partial charge is 0.385 e. The number of nitrogens with one attached hydrogen (secondary N) is 1. The molecule has 1 heterocycles. The van der Waals surface area contributed by atoms with Crippen molar-refractivity contribution in [3.8, 4) is 0 Å². The van der Waals surface area contributed by atoms with Gasteiger partial charge in [0.15, 0.2) is 0 Å². The van der Waals surface area contributed by atoms with E-state index in [1.165, 1.54) is 0 Å². The third-order valence-electron chi connectivity index (χ3n) is 3.98. The van der Waals surface area contributed by atoms with Gasteiger partial charge in [0.25, 0.3) is 0 Å². The van der Waals surface area contributed by atoms with E-state index in [-0.39, 0.29) is 5.91 Å². The molecule has 4 heteroatoms. The molecule has 1 aliphatic heterocycles. The number of carbonyl (C=O) groups is 1. The molecule has 0 spiro atoms. The van der Waals surface area contributed by atoms with E-state index in [2.05, 4.69) is 10.2 Å². The van der Waals surface area contributed by atoms with Crippen LogP contribution in [0.1, 0.15) is 24.8 Å². The number of rotatable bonds is 7. The van der Waals surface area contributed by atoms with Gasteiger partial charge < -0.3 is 15.0 Å². The molecular weight excluding hydrogens is 264 g/mol. The Balaban J connectivity index is 1.65. The van der Waals surface area contributed by atoms with Crippen LogP contribution in [0.25, 0.3) is 0 Å². The van der Waals surface area contributed by atoms with Crippen LogP contribution in [-0.2, 0) is 16.0 Å². The quantitative estimate of drug-likeness (QED) is 0.779. The molecule has 2 rings (SSSR count). The van der Waals surface area contributed by atoms with Gasteiger partial charge in [-0.3, -0.25) is 4.79 Å². The summed E-state index contributed by atoms with van der Waals surface area (Å²) in [6.45, 7) is 4.06. The van der Waals surface area contributed by atoms with Crippen molar-refractivity contribution in [3.05, 3.63) is 35.9 Å². The normalized spacial score (nSPS) is 16.8. The third-order valence-corrected chi connectivity index (χ3v) is 3.98. The fraction of sp³-hybridized carbons (Fsp3) is 0.588. The molecule has 0 aliphatic carbocycles. The summed E-state index contributed by atoms with van der Waals surface area (Å²) < 4.78 is 5.08. The maximum atomic E-state index is 12.0. The maximum absolute atomic E-state index is 12.0. The molecule has 0 saturated carbocycles. The topological polar surface area (TPSA) is 41.6 Å². The minimum atomic E-state index is 0.138. The van der Waals surface area contributed by atoms with E-state index in [0.29, 0.717) is 12.5 Å². The van der Waals surface area contributed by atoms with Gasteiger partial charge in [0, 0.05) is 39.4 Å². The molecule has 1 N–H and O–H groups in total. The predicted molar refractivity (Wildman–Crippen MR) is 84.2 cm³/mol. The van der Waals surface area contributed by atoms with Gasteiger partial charge in [-0.15, -0.1) is 0 Å². The molecular formula is C17H26N2O2. The minimum Gasteiger partial charge on any atom is -0.385 e. The number of amides is 1. The number of likely N-dealkylation sites (tertiary alicyclic amines) is 1. The van der Waals surface area contributed by atoms with E-state index in [1.807, 2.05) is 30.3 Å². The highest BCUT2D eigenvalue weighted by Gasteiger charge is 2.20. The van der Waals surface area contributed by atoms with Crippen LogP contribution in [0.2, 0.25) is 0 Å². The number of hydrogen-bond acceptors (Lipinski definition) is 3. The van der Waals surface area contributed by atoms with Crippen molar-refractivity contribution in [2.24, 2.45) is 0 Å². The SMILES string of the molecule is COCCCN1CCC(NC(=O)Cc2ccccc2)CC1. The van der Waals surface area contributed by atoms with Gasteiger partial charge in [0.05, 0.1) is 6.42 Å². The summed E-state index contributed by atoms with van der Waals surface area (Å²) in [4.78, 5) is 14.5. The summed E-state index contributed by atoms with van der Waals surface area (Å²) in [7, 11) is 1.74. The number of hydrogen-bond donors (Lipinski definition) is 1. The van der Waals surface area contributed by atoms with Crippen LogP contribution in [0, 0.1) is 0 Å². The molecule has 0 bridgehead atoms. The highest BCUT2D eigenvalue weighted by atomic mass is 16.5. The van der Waals surface area contributed by atoms with Gasteiger partial charge >= 0.3 is 0 Å². The van der Waals surface area contributed by atoms with Crippen molar-refractivity contribution in [1.82, 2.24) is 10.2 Å². The lowest BCUT2D eigenvalue weighted by molar-refractivity contribution is -0.121. The maximum Gasteiger partial charge on any atom is 0.224 e. The molecule has 1 aromatic carbocycles. The van der Waals surface area contributed by atoms with E-state index in [1.54, 1.807) is 7.11 Å². The molecule has 0 atom stereocenters. The fourth-order valence-electron chi connectivity index (χ4n) is 2.79. The zero-order chi connectivity index (χ0) is 14.9. The van der Waals surface area contributed by atoms with Gasteiger partial charge in [0.1, 0.15) is 0 Å². The van der Waals surface area contributed by atoms with Crippen LogP contribution in [0.4, 0.5) is 0 Å². The predicted octanol–water partition coefficient (Wildman–Crippen LogP) is 1.85. The smallest absolute Gasteiger partial charge is 0.224 e. The first kappa shape index (κ1) is 16.0. The third kappa shape index (κ3) is 5.86. The lowest BCUT2D eigenvalue weighted by Crippen LogP contribution is -2.45. The van der Waals surface area contributed by atoms with E-state index in [0.717, 1.165) is 51.1 Å². The number of piperidine rings is 1. The Labute approximate surface area is 127 Å². The monoisotopic (exact) mass is 290 g/mol. The molecule has 1 aromatic rings. The Morgan fingerprint density at radius 3 is 2.67 bits per heavy atom. The number of nitrogens with zero attached hydrogens (tertiary/aromatic N) is 1. The minimum absolute atomic E-state index is 0.138. The Hall–Kier alpha value is -1.39. The summed E-state index contributed by atoms with van der Waals surface area (Å²) >= 11 is 0. The van der Waals surface area contributed by atoms with Crippen molar-refractivity contribution < 1.29 is 9.53 Å². The molecule has 4 nitrogen and oxygen atoms in total. The number of methoxy groups -OCH3 is 1. The molecule has 0 aromatic heterocycles. The van der Waals surface area contributed by atoms with Crippen LogP contribution in [0.3, 0.4) is 0 Å². The average Bonchev–Trinajstić information content (AvgIpc) is 2.50. The van der Waals surface area contributed by atoms with Crippen LogP contribution in [0.15, 0.2) is 30.3 Å². The summed E-state index contributed by atoms with van der Waals surface area (Å²) in [6, 6.07) is 10.2. The van der Waals surface area contributed by atoms with Crippen LogP contribution in [-0.4, -0.2) is 50.2 Å². The van der Waals surface area contributed by atoms with E-state index < -0.39 is 0 Å². The number of benzene rings is 1. The first-order chi connectivity index (χ1) is 10.3. The standard InChI is InChI=1S/C17H26N2O2/c1-21-13-5-10-19-11-8-16(9-12-19)18-17(20)14-15-6-3-2-4-7-15/h2-4,6-7,16H,5,8-14H2,1H3,(H,18,20). The van der Waals surface area contributed by atoms with Crippen LogP contribution < -0.4 is 5.32 Å². The Morgan fingerprint density at radius 2 is 2.00 bits per heavy atom. The average molecular weight is 290 g/mol. The highest BCUT2D eigenvalue weighted by Crippen LogP contribution is 2.11. The molecule has 0 radical (unpaired) electrons. The van der Waals surface area contributed by atoms with Gasteiger partial charge in [-0.05, 0) is 24.8 Å². The zero-order valence-corrected chi connectivity index (χ0v) is 12.9. The molecule has 21 heavy (non-hydrogen) atoms. The van der Waals surface area contributed by atoms with Crippen LogP contribution in [0.5, 0.6) is 0 Å². The molecule has 1 fully saturated rings. The Bertz CT molecular complexity index is 414. The lowest BCUT2D eigenvalue weighted by Gasteiger charge is -2.32. The second kappa shape index (κ2) is 8.80. The van der Waals surface area contributed by atoms with E-state index in [9.17, 15) is 4.79 Å². The molecule has 1 saturated heterocycles. The summed E-state index contributed by atoms with van der Waals surface area (Å²) in [5.74, 6) is 0.138. The lowest BCUT2D eigenvalue weighted by atomic mass is 10.0. The Morgan fingerprint density at radius 1 is 1.29 bits per heavy atom. The van der Waals surface area contributed by atoms with Gasteiger partial charge in [-0.2, -0.15) is 0 Å². The van der Waals surface area contributed by atoms with Gasteiger partial charge in [0.2, 0.25) is 5.91 Å². The van der Waals surface area contributed by atoms with E-state index >= 15 is 0 Å². The van der Waals surface area contributed by atoms with Crippen LogP contribution >= 0.6 is 0 Å². The second-order valence-electron chi connectivity index (χ2n) is 5.69. The highest BCUT2D eigenvalue weighted by molar-refractivity contribution is 5.78. The van der Waals surface area contributed by atoms with Gasteiger partial charge in [-0.25, -0.2) is 0 Å². The van der Waals surface area contributed by atoms with Gasteiger partial charge in [-0.1, -0.05) is 30.3 Å². The molecule has 116 valence electrons. The molecule has 1 aliphatic rings. The first-order valence-corrected chi connectivity index (χ1v) is 7.82. The van der Waals surface area contributed by atoms with Crippen molar-refractivity contribution in [1.29, 1.82) is 0 Å². The molecule has 0 unspecified atom stereocenters. The summed E-state index contributed by atoms with van der Waals surface area (Å²) in [5, 5.41) is 3.16. The zero-order valence-electron chi connectivity index (χ0n) is 12.9. The molecule has 1 amide bonds.